The van der Waals surface area contributed by atoms with E-state index in [2.05, 4.69) is 38.2 Å². The molecule has 0 radical (unpaired) electrons. The average molecular weight is 779 g/mol. The molecule has 6 N–H and O–H groups in total. The highest BCUT2D eigenvalue weighted by atomic mass is 31.2. The molecule has 1 aliphatic carbocycles. The predicted molar refractivity (Wildman–Crippen MR) is 203 cm³/mol. The summed E-state index contributed by atoms with van der Waals surface area (Å²) in [5.41, 5.74) is 0. The van der Waals surface area contributed by atoms with Crippen LogP contribution in [0.4, 0.5) is 0 Å². The standard InChI is InChI=1S/C39H71O13P/c1-3-5-7-9-11-12-13-14-15-16-17-18-19-20-22-24-26-28-33(41)51-31(29-49-32(40)27-25-23-21-10-8-6-4-2)30-50-53(47,48)52-39-37(45)35(43)34(42)36(44)38(39)46/h11-12,14-15,31,34-39,42-46H,3-10,13,16-30H2,1-2H3,(H,47,48)/b12-11+,15-14+/t31-,34?,35-,36?,37?,38?,39?/m1/s1. The summed E-state index contributed by atoms with van der Waals surface area (Å²) in [5, 5.41) is 49.9. The van der Waals surface area contributed by atoms with E-state index in [1.54, 1.807) is 0 Å². The molecule has 0 spiro atoms. The lowest BCUT2D eigenvalue weighted by Gasteiger charge is -2.41. The maximum atomic E-state index is 12.7. The van der Waals surface area contributed by atoms with Crippen LogP contribution in [0.1, 0.15) is 155 Å². The number of aliphatic hydroxyl groups excluding tert-OH is 5. The molecular weight excluding hydrogens is 707 g/mol. The lowest BCUT2D eigenvalue weighted by Crippen LogP contribution is -2.64. The molecule has 13 nitrogen and oxygen atoms in total. The summed E-state index contributed by atoms with van der Waals surface area (Å²) in [7, 11) is -5.10. The molecule has 6 unspecified atom stereocenters. The minimum atomic E-state index is -5.10. The van der Waals surface area contributed by atoms with Crippen LogP contribution in [0.15, 0.2) is 24.3 Å². The van der Waals surface area contributed by atoms with E-state index in [0.717, 1.165) is 89.9 Å². The van der Waals surface area contributed by atoms with Gasteiger partial charge in [0, 0.05) is 12.8 Å². The average Bonchev–Trinajstić information content (AvgIpc) is 3.13. The van der Waals surface area contributed by atoms with Gasteiger partial charge < -0.3 is 39.9 Å². The highest BCUT2D eigenvalue weighted by molar-refractivity contribution is 7.47. The first-order valence-corrected chi connectivity index (χ1v) is 21.6. The first-order chi connectivity index (χ1) is 25.4. The number of hydrogen-bond acceptors (Lipinski definition) is 12. The molecule has 14 heteroatoms. The third-order valence-electron chi connectivity index (χ3n) is 9.30. The summed E-state index contributed by atoms with van der Waals surface area (Å²) in [5.74, 6) is -1.12. The van der Waals surface area contributed by atoms with E-state index in [-0.39, 0.29) is 12.8 Å². The molecule has 0 aromatic carbocycles. The summed E-state index contributed by atoms with van der Waals surface area (Å²) in [6.45, 7) is 3.18. The molecule has 1 saturated carbocycles. The number of allylic oxidation sites excluding steroid dienone is 4. The zero-order valence-corrected chi connectivity index (χ0v) is 33.2. The van der Waals surface area contributed by atoms with Crippen LogP contribution in [0, 0.1) is 0 Å². The van der Waals surface area contributed by atoms with E-state index in [4.69, 9.17) is 18.5 Å². The first kappa shape index (κ1) is 49.3. The van der Waals surface area contributed by atoms with Crippen LogP contribution in [-0.2, 0) is 32.7 Å². The van der Waals surface area contributed by atoms with E-state index < -0.39 is 75.7 Å². The Labute approximate surface area is 317 Å². The Morgan fingerprint density at radius 3 is 1.57 bits per heavy atom. The number of unbranched alkanes of at least 4 members (excludes halogenated alkanes) is 16. The van der Waals surface area contributed by atoms with Crippen LogP contribution in [-0.4, -0.2) is 98.3 Å². The highest BCUT2D eigenvalue weighted by Gasteiger charge is 2.51. The summed E-state index contributed by atoms with van der Waals surface area (Å²) < 4.78 is 33.3. The summed E-state index contributed by atoms with van der Waals surface area (Å²) >= 11 is 0. The van der Waals surface area contributed by atoms with Crippen LogP contribution in [0.3, 0.4) is 0 Å². The van der Waals surface area contributed by atoms with E-state index in [9.17, 15) is 44.6 Å². The fraction of sp³-hybridized carbons (Fsp3) is 0.846. The monoisotopic (exact) mass is 778 g/mol. The van der Waals surface area contributed by atoms with Crippen molar-refractivity contribution in [1.29, 1.82) is 0 Å². The van der Waals surface area contributed by atoms with Crippen LogP contribution in [0.2, 0.25) is 0 Å². The van der Waals surface area contributed by atoms with Crippen molar-refractivity contribution in [3.63, 3.8) is 0 Å². The normalized spacial score (nSPS) is 23.7. The van der Waals surface area contributed by atoms with Crippen molar-refractivity contribution in [2.45, 2.75) is 198 Å². The Morgan fingerprint density at radius 1 is 0.585 bits per heavy atom. The zero-order valence-electron chi connectivity index (χ0n) is 32.3. The molecule has 0 aromatic heterocycles. The highest BCUT2D eigenvalue weighted by Crippen LogP contribution is 2.47. The second kappa shape index (κ2) is 30.5. The van der Waals surface area contributed by atoms with Gasteiger partial charge >= 0.3 is 19.8 Å². The van der Waals surface area contributed by atoms with Crippen molar-refractivity contribution in [2.24, 2.45) is 0 Å². The van der Waals surface area contributed by atoms with Crippen molar-refractivity contribution >= 4 is 19.8 Å². The molecule has 0 amide bonds. The minimum Gasteiger partial charge on any atom is -0.462 e. The Kier molecular flexibility index (Phi) is 28.4. The quantitative estimate of drug-likeness (QED) is 0.0187. The van der Waals surface area contributed by atoms with E-state index >= 15 is 0 Å². The third kappa shape index (κ3) is 23.8. The Hall–Kier alpha value is -1.67. The van der Waals surface area contributed by atoms with Gasteiger partial charge in [0.15, 0.2) is 6.10 Å². The molecule has 1 rings (SSSR count). The molecule has 0 aliphatic heterocycles. The van der Waals surface area contributed by atoms with Crippen molar-refractivity contribution in [3.05, 3.63) is 24.3 Å². The number of carbonyl (C=O) groups is 2. The number of hydrogen-bond donors (Lipinski definition) is 6. The second-order valence-electron chi connectivity index (χ2n) is 14.1. The molecular formula is C39H71O13P. The van der Waals surface area contributed by atoms with Crippen LogP contribution in [0.25, 0.3) is 0 Å². The number of phosphoric ester groups is 1. The summed E-state index contributed by atoms with van der Waals surface area (Å²) in [4.78, 5) is 35.3. The second-order valence-corrected chi connectivity index (χ2v) is 15.5. The lowest BCUT2D eigenvalue weighted by molar-refractivity contribution is -0.220. The van der Waals surface area contributed by atoms with E-state index in [0.29, 0.717) is 12.8 Å². The smallest absolute Gasteiger partial charge is 0.462 e. The van der Waals surface area contributed by atoms with E-state index in [1.165, 1.54) is 25.7 Å². The number of carbonyl (C=O) groups excluding carboxylic acids is 2. The number of rotatable bonds is 32. The van der Waals surface area contributed by atoms with Gasteiger partial charge in [-0.05, 0) is 44.9 Å². The van der Waals surface area contributed by atoms with Gasteiger partial charge in [-0.25, -0.2) is 4.57 Å². The number of esters is 2. The van der Waals surface area contributed by atoms with Gasteiger partial charge in [0.05, 0.1) is 6.61 Å². The fourth-order valence-corrected chi connectivity index (χ4v) is 6.94. The summed E-state index contributed by atoms with van der Waals surface area (Å²) in [6.07, 6.45) is 17.0. The van der Waals surface area contributed by atoms with Crippen molar-refractivity contribution < 1.29 is 63.1 Å². The van der Waals surface area contributed by atoms with Gasteiger partial charge in [0.1, 0.15) is 43.2 Å². The number of phosphoric acid groups is 1. The fourth-order valence-electron chi connectivity index (χ4n) is 5.96. The molecule has 0 heterocycles. The van der Waals surface area contributed by atoms with Crippen molar-refractivity contribution in [2.75, 3.05) is 13.2 Å². The third-order valence-corrected chi connectivity index (χ3v) is 10.3. The zero-order chi connectivity index (χ0) is 39.3. The van der Waals surface area contributed by atoms with Crippen LogP contribution >= 0.6 is 7.82 Å². The Balaban J connectivity index is 2.48. The van der Waals surface area contributed by atoms with Crippen molar-refractivity contribution in [1.82, 2.24) is 0 Å². The van der Waals surface area contributed by atoms with Gasteiger partial charge in [-0.1, -0.05) is 122 Å². The SMILES string of the molecule is CCCCC/C=C/C/C=C/CCCCCCCCCC(=O)O[C@H](COC(=O)CCCCCCCCC)COP(=O)(O)OC1C(O)C(O)C(O)[C@@H](O)C1O. The summed E-state index contributed by atoms with van der Waals surface area (Å²) in [6, 6.07) is 0. The van der Waals surface area contributed by atoms with Crippen LogP contribution in [0.5, 0.6) is 0 Å². The Bertz CT molecular complexity index is 1040. The van der Waals surface area contributed by atoms with Gasteiger partial charge in [-0.2, -0.15) is 0 Å². The molecule has 1 fully saturated rings. The molecule has 310 valence electrons. The molecule has 53 heavy (non-hydrogen) atoms. The van der Waals surface area contributed by atoms with Gasteiger partial charge in [0.25, 0.3) is 0 Å². The lowest BCUT2D eigenvalue weighted by atomic mass is 9.85. The van der Waals surface area contributed by atoms with Crippen LogP contribution < -0.4 is 0 Å². The first-order valence-electron chi connectivity index (χ1n) is 20.1. The Morgan fingerprint density at radius 2 is 1.02 bits per heavy atom. The molecule has 8 atom stereocenters. The minimum absolute atomic E-state index is 0.0895. The van der Waals surface area contributed by atoms with Gasteiger partial charge in [0.2, 0.25) is 0 Å². The molecule has 0 bridgehead atoms. The maximum Gasteiger partial charge on any atom is 0.472 e. The van der Waals surface area contributed by atoms with Crippen molar-refractivity contribution in [3.8, 4) is 0 Å². The molecule has 0 saturated heterocycles. The largest absolute Gasteiger partial charge is 0.472 e. The number of aliphatic hydroxyl groups is 5. The predicted octanol–water partition coefficient (Wildman–Crippen LogP) is 6.50. The number of ether oxygens (including phenoxy) is 2. The van der Waals surface area contributed by atoms with Gasteiger partial charge in [-0.3, -0.25) is 18.6 Å². The topological polar surface area (TPSA) is 210 Å². The molecule has 1 aliphatic rings. The van der Waals surface area contributed by atoms with Gasteiger partial charge in [-0.15, -0.1) is 0 Å². The maximum absolute atomic E-state index is 12.7. The van der Waals surface area contributed by atoms with E-state index in [1.807, 2.05) is 0 Å². The molecule has 0 aromatic rings.